The summed E-state index contributed by atoms with van der Waals surface area (Å²) in [5.41, 5.74) is 1.37. The molecule has 1 aromatic heterocycles. The maximum absolute atomic E-state index is 11.1. The standard InChI is InChI=1S/C10H7IO2/c1-6-5-9(12)13-10-7(6)3-2-4-8(10)11/h2-5H,1H3. The number of hydrogen-bond acceptors (Lipinski definition) is 2. The summed E-state index contributed by atoms with van der Waals surface area (Å²) in [7, 11) is 0. The highest BCUT2D eigenvalue weighted by Crippen LogP contribution is 2.21. The summed E-state index contributed by atoms with van der Waals surface area (Å²) in [4.78, 5) is 11.1. The Kier molecular flexibility index (Phi) is 2.11. The molecule has 13 heavy (non-hydrogen) atoms. The van der Waals surface area contributed by atoms with E-state index in [4.69, 9.17) is 4.42 Å². The van der Waals surface area contributed by atoms with Crippen molar-refractivity contribution >= 4 is 33.6 Å². The van der Waals surface area contributed by atoms with Crippen LogP contribution in [0.25, 0.3) is 11.0 Å². The van der Waals surface area contributed by atoms with Crippen LogP contribution in [0.1, 0.15) is 5.56 Å². The number of aryl methyl sites for hydroxylation is 1. The van der Waals surface area contributed by atoms with E-state index in [9.17, 15) is 4.79 Å². The van der Waals surface area contributed by atoms with Gasteiger partial charge in [-0.25, -0.2) is 4.79 Å². The van der Waals surface area contributed by atoms with Gasteiger partial charge in [0.05, 0.1) is 3.57 Å². The van der Waals surface area contributed by atoms with E-state index in [1.54, 1.807) is 0 Å². The highest BCUT2D eigenvalue weighted by Gasteiger charge is 2.03. The van der Waals surface area contributed by atoms with Crippen molar-refractivity contribution < 1.29 is 4.42 Å². The lowest BCUT2D eigenvalue weighted by Gasteiger charge is -2.00. The fourth-order valence-corrected chi connectivity index (χ4v) is 1.92. The maximum Gasteiger partial charge on any atom is 0.336 e. The molecular weight excluding hydrogens is 279 g/mol. The van der Waals surface area contributed by atoms with Crippen LogP contribution in [0.2, 0.25) is 0 Å². The number of para-hydroxylation sites is 1. The van der Waals surface area contributed by atoms with Crippen LogP contribution in [-0.2, 0) is 0 Å². The number of fused-ring (bicyclic) bond motifs is 1. The van der Waals surface area contributed by atoms with Crippen molar-refractivity contribution in [1.29, 1.82) is 0 Å². The molecule has 0 spiro atoms. The second-order valence-electron chi connectivity index (χ2n) is 2.86. The number of halogens is 1. The Bertz CT molecular complexity index is 514. The van der Waals surface area contributed by atoms with Gasteiger partial charge in [-0.1, -0.05) is 12.1 Å². The van der Waals surface area contributed by atoms with Gasteiger partial charge in [0.2, 0.25) is 0 Å². The third kappa shape index (κ3) is 1.48. The van der Waals surface area contributed by atoms with Gasteiger partial charge in [0.1, 0.15) is 0 Å². The first kappa shape index (κ1) is 8.74. The first-order chi connectivity index (χ1) is 6.18. The minimum absolute atomic E-state index is 0.283. The van der Waals surface area contributed by atoms with Crippen LogP contribution in [0.15, 0.2) is 33.5 Å². The second-order valence-corrected chi connectivity index (χ2v) is 4.03. The molecule has 0 aliphatic heterocycles. The van der Waals surface area contributed by atoms with E-state index in [2.05, 4.69) is 22.6 Å². The summed E-state index contributed by atoms with van der Waals surface area (Å²) in [6.45, 7) is 1.91. The molecule has 0 bridgehead atoms. The van der Waals surface area contributed by atoms with E-state index in [0.29, 0.717) is 5.58 Å². The van der Waals surface area contributed by atoms with Crippen LogP contribution in [0, 0.1) is 10.5 Å². The monoisotopic (exact) mass is 286 g/mol. The first-order valence-electron chi connectivity index (χ1n) is 3.87. The lowest BCUT2D eigenvalue weighted by Crippen LogP contribution is -1.98. The van der Waals surface area contributed by atoms with Gasteiger partial charge < -0.3 is 4.42 Å². The lowest BCUT2D eigenvalue weighted by molar-refractivity contribution is 0.558. The molecule has 0 unspecified atom stereocenters. The molecule has 0 aliphatic rings. The molecule has 1 heterocycles. The van der Waals surface area contributed by atoms with Crippen molar-refractivity contribution in [3.63, 3.8) is 0 Å². The SMILES string of the molecule is Cc1cc(=O)oc2c(I)cccc12. The van der Waals surface area contributed by atoms with Crippen LogP contribution in [0.4, 0.5) is 0 Å². The third-order valence-corrected chi connectivity index (χ3v) is 2.78. The predicted octanol–water partition coefficient (Wildman–Crippen LogP) is 2.71. The van der Waals surface area contributed by atoms with Gasteiger partial charge in [-0.2, -0.15) is 0 Å². The average Bonchev–Trinajstić information content (AvgIpc) is 2.07. The molecular formula is C10H7IO2. The normalized spacial score (nSPS) is 10.6. The van der Waals surface area contributed by atoms with Crippen molar-refractivity contribution in [3.05, 3.63) is 43.8 Å². The van der Waals surface area contributed by atoms with Crippen molar-refractivity contribution in [3.8, 4) is 0 Å². The van der Waals surface area contributed by atoms with Gasteiger partial charge in [0, 0.05) is 11.5 Å². The van der Waals surface area contributed by atoms with E-state index in [-0.39, 0.29) is 5.63 Å². The Labute approximate surface area is 88.7 Å². The van der Waals surface area contributed by atoms with Crippen LogP contribution in [-0.4, -0.2) is 0 Å². The highest BCUT2D eigenvalue weighted by atomic mass is 127. The smallest absolute Gasteiger partial charge is 0.336 e. The van der Waals surface area contributed by atoms with Gasteiger partial charge in [-0.3, -0.25) is 0 Å². The first-order valence-corrected chi connectivity index (χ1v) is 4.95. The minimum atomic E-state index is -0.283. The Morgan fingerprint density at radius 3 is 2.92 bits per heavy atom. The third-order valence-electron chi connectivity index (χ3n) is 1.93. The van der Waals surface area contributed by atoms with Crippen molar-refractivity contribution in [2.75, 3.05) is 0 Å². The fourth-order valence-electron chi connectivity index (χ4n) is 1.31. The van der Waals surface area contributed by atoms with E-state index in [0.717, 1.165) is 14.5 Å². The molecule has 1 aromatic carbocycles. The number of hydrogen-bond donors (Lipinski definition) is 0. The molecule has 2 aromatic rings. The Balaban J connectivity index is 3.03. The maximum atomic E-state index is 11.1. The summed E-state index contributed by atoms with van der Waals surface area (Å²) in [6.07, 6.45) is 0. The number of benzene rings is 1. The minimum Gasteiger partial charge on any atom is -0.422 e. The molecule has 0 saturated heterocycles. The van der Waals surface area contributed by atoms with Gasteiger partial charge in [-0.15, -0.1) is 0 Å². The van der Waals surface area contributed by atoms with Crippen LogP contribution < -0.4 is 5.63 Å². The van der Waals surface area contributed by atoms with Gasteiger partial charge in [0.25, 0.3) is 0 Å². The summed E-state index contributed by atoms with van der Waals surface area (Å²) in [5.74, 6) is 0. The molecule has 0 amide bonds. The van der Waals surface area contributed by atoms with Crippen molar-refractivity contribution in [1.82, 2.24) is 0 Å². The van der Waals surface area contributed by atoms with E-state index >= 15 is 0 Å². The topological polar surface area (TPSA) is 30.2 Å². The molecule has 0 fully saturated rings. The van der Waals surface area contributed by atoms with Crippen LogP contribution >= 0.6 is 22.6 Å². The Hall–Kier alpha value is -0.840. The van der Waals surface area contributed by atoms with Crippen molar-refractivity contribution in [2.45, 2.75) is 6.92 Å². The number of rotatable bonds is 0. The summed E-state index contributed by atoms with van der Waals surface area (Å²) in [5, 5.41) is 1.01. The van der Waals surface area contributed by atoms with E-state index < -0.39 is 0 Å². The second kappa shape index (κ2) is 3.14. The van der Waals surface area contributed by atoms with E-state index in [1.165, 1.54) is 6.07 Å². The largest absolute Gasteiger partial charge is 0.422 e. The molecule has 0 atom stereocenters. The van der Waals surface area contributed by atoms with Crippen LogP contribution in [0.3, 0.4) is 0 Å². The highest BCUT2D eigenvalue weighted by molar-refractivity contribution is 14.1. The molecule has 0 aliphatic carbocycles. The Morgan fingerprint density at radius 2 is 2.15 bits per heavy atom. The summed E-state index contributed by atoms with van der Waals surface area (Å²) >= 11 is 2.16. The zero-order chi connectivity index (χ0) is 9.42. The molecule has 0 saturated carbocycles. The van der Waals surface area contributed by atoms with Gasteiger partial charge in [0.15, 0.2) is 5.58 Å². The molecule has 3 heteroatoms. The summed E-state index contributed by atoms with van der Waals surface area (Å²) in [6, 6.07) is 7.34. The fraction of sp³-hybridized carbons (Fsp3) is 0.100. The zero-order valence-corrected chi connectivity index (χ0v) is 9.16. The molecule has 0 radical (unpaired) electrons. The molecule has 0 N–H and O–H groups in total. The predicted molar refractivity (Wildman–Crippen MR) is 59.9 cm³/mol. The molecule has 66 valence electrons. The van der Waals surface area contributed by atoms with Crippen molar-refractivity contribution in [2.24, 2.45) is 0 Å². The molecule has 2 rings (SSSR count). The van der Waals surface area contributed by atoms with Crippen LogP contribution in [0.5, 0.6) is 0 Å². The lowest BCUT2D eigenvalue weighted by atomic mass is 10.1. The average molecular weight is 286 g/mol. The summed E-state index contributed by atoms with van der Waals surface area (Å²) < 4.78 is 6.08. The Morgan fingerprint density at radius 1 is 1.38 bits per heavy atom. The van der Waals surface area contributed by atoms with Gasteiger partial charge in [-0.05, 0) is 41.1 Å². The quantitative estimate of drug-likeness (QED) is 0.550. The zero-order valence-electron chi connectivity index (χ0n) is 7.00. The molecule has 2 nitrogen and oxygen atoms in total. The van der Waals surface area contributed by atoms with E-state index in [1.807, 2.05) is 25.1 Å². The van der Waals surface area contributed by atoms with Gasteiger partial charge >= 0.3 is 5.63 Å².